The van der Waals surface area contributed by atoms with Gasteiger partial charge in [-0.1, -0.05) is 96.5 Å². The fourth-order valence-corrected chi connectivity index (χ4v) is 9.43. The van der Waals surface area contributed by atoms with Crippen LogP contribution in [-0.2, 0) is 70.4 Å². The minimum absolute atomic E-state index is 0.00866. The Hall–Kier alpha value is -9.23. The van der Waals surface area contributed by atoms with Crippen LogP contribution in [0.4, 0.5) is 0 Å². The predicted molar refractivity (Wildman–Crippen MR) is 331 cm³/mol. The van der Waals surface area contributed by atoms with Gasteiger partial charge < -0.3 is 95.6 Å². The number of carboxylic acids is 3. The molecular formula is C60H90N14O17. The zero-order valence-electron chi connectivity index (χ0n) is 52.2. The van der Waals surface area contributed by atoms with Crippen molar-refractivity contribution < 1.29 is 83.1 Å². The molecular weight excluding hydrogens is 1190 g/mol. The number of amides is 9. The summed E-state index contributed by atoms with van der Waals surface area (Å²) in [6.45, 7) is 9.78. The van der Waals surface area contributed by atoms with Gasteiger partial charge in [0.15, 0.2) is 5.96 Å². The molecule has 91 heavy (non-hydrogen) atoms. The normalized spacial score (nSPS) is 15.2. The number of hydrogen-bond donors (Lipinski definition) is 18. The number of carboxylic acid groups (broad SMARTS) is 3. The maximum absolute atomic E-state index is 14.5. The third-order valence-electron chi connectivity index (χ3n) is 14.7. The van der Waals surface area contributed by atoms with Crippen molar-refractivity contribution in [2.75, 3.05) is 13.2 Å². The number of aromatic nitrogens is 1. The molecule has 502 valence electrons. The molecule has 0 saturated heterocycles. The van der Waals surface area contributed by atoms with Crippen molar-refractivity contribution in [3.8, 4) is 0 Å². The summed E-state index contributed by atoms with van der Waals surface area (Å²) in [5.74, 6) is -15.2. The highest BCUT2D eigenvalue weighted by Crippen LogP contribution is 2.20. The number of H-pyrrole nitrogens is 1. The van der Waals surface area contributed by atoms with Crippen molar-refractivity contribution in [1.82, 2.24) is 52.8 Å². The van der Waals surface area contributed by atoms with Crippen LogP contribution in [0.2, 0.25) is 0 Å². The molecule has 1 heterocycles. The fourth-order valence-electron chi connectivity index (χ4n) is 9.43. The van der Waals surface area contributed by atoms with Crippen molar-refractivity contribution in [2.24, 2.45) is 39.9 Å². The average molecular weight is 1280 g/mol. The van der Waals surface area contributed by atoms with Crippen LogP contribution in [0, 0.1) is 17.8 Å². The number of hydrogen-bond acceptors (Lipinski definition) is 16. The molecule has 9 amide bonds. The van der Waals surface area contributed by atoms with Crippen molar-refractivity contribution in [1.29, 1.82) is 0 Å². The molecule has 0 aliphatic rings. The number of aromatic amines is 1. The number of rotatable bonds is 40. The summed E-state index contributed by atoms with van der Waals surface area (Å²) in [5, 5.41) is 72.2. The number of fused-ring (bicyclic) bond motifs is 1. The Bertz CT molecular complexity index is 3010. The second-order valence-corrected chi connectivity index (χ2v) is 23.0. The van der Waals surface area contributed by atoms with Gasteiger partial charge in [-0.05, 0) is 80.4 Å². The lowest BCUT2D eigenvalue weighted by Gasteiger charge is -2.30. The number of benzene rings is 2. The molecule has 0 unspecified atom stereocenters. The van der Waals surface area contributed by atoms with E-state index in [1.54, 1.807) is 65.1 Å². The molecule has 12 atom stereocenters. The Labute approximate surface area is 526 Å². The largest absolute Gasteiger partial charge is 0.481 e. The monoisotopic (exact) mass is 1280 g/mol. The Balaban J connectivity index is 1.86. The smallest absolute Gasteiger partial charge is 0.326 e. The molecule has 2 aromatic carbocycles. The van der Waals surface area contributed by atoms with Gasteiger partial charge in [0, 0.05) is 42.9 Å². The number of nitrogens with zero attached hydrogens (tertiary/aromatic N) is 1. The van der Waals surface area contributed by atoms with Crippen LogP contribution < -0.4 is 65.1 Å². The maximum atomic E-state index is 14.5. The molecule has 1 aromatic heterocycles. The van der Waals surface area contributed by atoms with E-state index in [0.29, 0.717) is 5.56 Å². The Morgan fingerprint density at radius 1 is 0.538 bits per heavy atom. The van der Waals surface area contributed by atoms with Gasteiger partial charge in [0.1, 0.15) is 54.4 Å². The van der Waals surface area contributed by atoms with Crippen LogP contribution in [0.25, 0.3) is 10.9 Å². The Morgan fingerprint density at radius 2 is 1.01 bits per heavy atom. The summed E-state index contributed by atoms with van der Waals surface area (Å²) < 4.78 is 0. The van der Waals surface area contributed by atoms with Crippen LogP contribution in [0.3, 0.4) is 0 Å². The maximum Gasteiger partial charge on any atom is 0.326 e. The quantitative estimate of drug-likeness (QED) is 0.0161. The highest BCUT2D eigenvalue weighted by molar-refractivity contribution is 5.99. The molecule has 0 aliphatic carbocycles. The van der Waals surface area contributed by atoms with Crippen molar-refractivity contribution in [3.63, 3.8) is 0 Å². The first-order chi connectivity index (χ1) is 42.9. The molecule has 3 aromatic rings. The van der Waals surface area contributed by atoms with Gasteiger partial charge in [-0.25, -0.2) is 4.79 Å². The number of carbonyl (C=O) groups is 12. The third-order valence-corrected chi connectivity index (χ3v) is 14.7. The summed E-state index contributed by atoms with van der Waals surface area (Å²) in [4.78, 5) is 168. The van der Waals surface area contributed by atoms with Crippen LogP contribution in [0.1, 0.15) is 111 Å². The highest BCUT2D eigenvalue weighted by Gasteiger charge is 2.38. The minimum Gasteiger partial charge on any atom is -0.481 e. The number of carbonyl (C=O) groups excluding carboxylic acids is 9. The summed E-state index contributed by atoms with van der Waals surface area (Å²) >= 11 is 0. The van der Waals surface area contributed by atoms with E-state index in [9.17, 15) is 78.0 Å². The zero-order chi connectivity index (χ0) is 68.2. The summed E-state index contributed by atoms with van der Waals surface area (Å²) in [5.41, 5.74) is 19.7. The van der Waals surface area contributed by atoms with Gasteiger partial charge in [-0.3, -0.25) is 57.7 Å². The molecule has 0 bridgehead atoms. The van der Waals surface area contributed by atoms with Gasteiger partial charge >= 0.3 is 17.9 Å². The lowest BCUT2D eigenvalue weighted by atomic mass is 9.96. The van der Waals surface area contributed by atoms with E-state index in [0.717, 1.165) is 23.4 Å². The predicted octanol–water partition coefficient (Wildman–Crippen LogP) is -2.37. The van der Waals surface area contributed by atoms with E-state index in [-0.39, 0.29) is 56.9 Å². The Morgan fingerprint density at radius 3 is 1.57 bits per heavy atom. The molecule has 0 fully saturated rings. The number of aliphatic carboxylic acids is 3. The van der Waals surface area contributed by atoms with Crippen LogP contribution in [0.15, 0.2) is 65.8 Å². The molecule has 31 heteroatoms. The van der Waals surface area contributed by atoms with Gasteiger partial charge in [0.2, 0.25) is 53.2 Å². The third kappa shape index (κ3) is 25.7. The number of aliphatic imine (C=N–C) groups is 1. The highest BCUT2D eigenvalue weighted by atomic mass is 16.4. The second-order valence-electron chi connectivity index (χ2n) is 23.0. The first kappa shape index (κ1) is 76.0. The fraction of sp³-hybridized carbons (Fsp3) is 0.550. The topological polar surface area (TPSA) is 520 Å². The van der Waals surface area contributed by atoms with Crippen LogP contribution in [0.5, 0.6) is 0 Å². The molecule has 0 spiro atoms. The number of aliphatic hydroxyl groups excluding tert-OH is 2. The second kappa shape index (κ2) is 37.7. The van der Waals surface area contributed by atoms with Crippen LogP contribution in [-0.4, -0.2) is 187 Å². The summed E-state index contributed by atoms with van der Waals surface area (Å²) in [6.07, 6.45) is -2.17. The summed E-state index contributed by atoms with van der Waals surface area (Å²) in [7, 11) is 0. The standard InChI is InChI=1S/C60H90N14O17/c1-8-32(6)48(57(88)67-40(20-22-45(77)78)52(83)68-41(59(90)91)21-23-46(79)80)73-58(89)49(33(7)76)74-55(86)44(29-75)71-56(87)47(31(4)5)72-54(85)42(25-30(2)3)70-51(82)39(19-14-24-64-60(62)63)66-53(84)43(27-35-28-65-38-18-13-12-17-36(35)38)69-50(81)37(61)26-34-15-10-9-11-16-34/h9-13,15-18,28,30-33,37,39-44,47-49,65,75-76H,8,14,19-27,29,61H2,1-7H3,(H,66,84)(H,67,88)(H,68,83)(H,69,81)(H,70,82)(H,71,87)(H,72,85)(H,73,89)(H,74,86)(H,77,78)(H,79,80)(H,90,91)(H4,62,63,64)/t32-,33+,37-,39-,40-,41-,42-,43-,44-,47-,48-,49-/m0/s1. The number of guanidine groups is 1. The van der Waals surface area contributed by atoms with E-state index in [1.807, 2.05) is 30.3 Å². The molecule has 21 N–H and O–H groups in total. The van der Waals surface area contributed by atoms with Gasteiger partial charge in [0.25, 0.3) is 0 Å². The van der Waals surface area contributed by atoms with Gasteiger partial charge in [-0.2, -0.15) is 0 Å². The van der Waals surface area contributed by atoms with E-state index >= 15 is 0 Å². The average Bonchev–Trinajstić information content (AvgIpc) is 1.91. The molecule has 3 rings (SSSR count). The molecule has 31 nitrogen and oxygen atoms in total. The zero-order valence-corrected chi connectivity index (χ0v) is 52.2. The van der Waals surface area contributed by atoms with Gasteiger partial charge in [0.05, 0.1) is 18.8 Å². The van der Waals surface area contributed by atoms with Gasteiger partial charge in [-0.15, -0.1) is 0 Å². The first-order valence-electron chi connectivity index (χ1n) is 30.0. The van der Waals surface area contributed by atoms with E-state index in [4.69, 9.17) is 22.3 Å². The van der Waals surface area contributed by atoms with E-state index in [2.05, 4.69) is 57.8 Å². The number of para-hydroxylation sites is 1. The lowest BCUT2D eigenvalue weighted by molar-refractivity contribution is -0.144. The first-order valence-corrected chi connectivity index (χ1v) is 30.0. The van der Waals surface area contributed by atoms with Crippen molar-refractivity contribution in [3.05, 3.63) is 71.9 Å². The molecule has 0 aliphatic heterocycles. The lowest BCUT2D eigenvalue weighted by Crippen LogP contribution is -2.63. The number of nitrogens with one attached hydrogen (secondary N) is 10. The van der Waals surface area contributed by atoms with Crippen molar-refractivity contribution >= 4 is 87.9 Å². The summed E-state index contributed by atoms with van der Waals surface area (Å²) in [6, 6.07) is 0.984. The molecule has 0 saturated carbocycles. The van der Waals surface area contributed by atoms with E-state index < -0.39 is 182 Å². The SMILES string of the molecule is CC[C@H](C)[C@H](NC(=O)[C@@H](NC(=O)[C@H](CO)NC(=O)[C@@H](NC(=O)[C@H](CC(C)C)NC(=O)[C@H](CCCN=C(N)N)NC(=O)[C@H](Cc1c[nH]c2ccccc12)NC(=O)[C@@H](N)Cc1ccccc1)C(C)C)[C@@H](C)O)C(=O)N[C@@H](CCC(=O)O)C(=O)N[C@@H](CCC(=O)O)C(=O)O. The minimum atomic E-state index is -1.90. The van der Waals surface area contributed by atoms with E-state index in [1.165, 1.54) is 6.92 Å². The Kier molecular flexibility index (Phi) is 31.5. The van der Waals surface area contributed by atoms with Crippen molar-refractivity contribution in [2.45, 2.75) is 179 Å². The number of nitrogens with two attached hydrogens (primary N) is 3. The van der Waals surface area contributed by atoms with Crippen LogP contribution >= 0.6 is 0 Å². The number of aliphatic hydroxyl groups is 2. The molecule has 0 radical (unpaired) electrons.